The van der Waals surface area contributed by atoms with Crippen LogP contribution in [0.1, 0.15) is 36.4 Å². The third-order valence-electron chi connectivity index (χ3n) is 4.12. The van der Waals surface area contributed by atoms with E-state index in [9.17, 15) is 9.59 Å². The Kier molecular flexibility index (Phi) is 5.24. The molecule has 1 aliphatic rings. The summed E-state index contributed by atoms with van der Waals surface area (Å²) >= 11 is 1.42. The molecule has 1 saturated heterocycles. The lowest BCUT2D eigenvalue weighted by Crippen LogP contribution is -2.49. The molecule has 0 saturated carbocycles. The molecule has 1 unspecified atom stereocenters. The van der Waals surface area contributed by atoms with Crippen LogP contribution in [0, 0.1) is 5.41 Å². The largest absolute Gasteiger partial charge is 0.343 e. The molecule has 5 nitrogen and oxygen atoms in total. The fraction of sp³-hybridized carbons (Fsp3) is 0.625. The van der Waals surface area contributed by atoms with E-state index in [1.165, 1.54) is 11.3 Å². The third kappa shape index (κ3) is 3.67. The van der Waals surface area contributed by atoms with Crippen molar-refractivity contribution in [2.45, 2.75) is 32.7 Å². The van der Waals surface area contributed by atoms with E-state index >= 15 is 0 Å². The van der Waals surface area contributed by atoms with Gasteiger partial charge >= 0.3 is 0 Å². The molecule has 1 fully saturated rings. The van der Waals surface area contributed by atoms with Gasteiger partial charge in [-0.25, -0.2) is 0 Å². The van der Waals surface area contributed by atoms with E-state index in [4.69, 9.17) is 5.73 Å². The maximum atomic E-state index is 12.7. The van der Waals surface area contributed by atoms with Gasteiger partial charge in [0.05, 0.1) is 4.88 Å². The van der Waals surface area contributed by atoms with E-state index in [0.29, 0.717) is 24.5 Å². The van der Waals surface area contributed by atoms with E-state index in [1.54, 1.807) is 16.8 Å². The van der Waals surface area contributed by atoms with Crippen molar-refractivity contribution < 1.29 is 9.59 Å². The first-order chi connectivity index (χ1) is 10.4. The highest BCUT2D eigenvalue weighted by molar-refractivity contribution is 7.12. The van der Waals surface area contributed by atoms with Gasteiger partial charge in [-0.05, 0) is 36.2 Å². The number of rotatable bonds is 5. The minimum absolute atomic E-state index is 0.0175. The molecule has 22 heavy (non-hydrogen) atoms. The number of likely N-dealkylation sites (N-methyl/N-ethyl adjacent to an activating group) is 1. The summed E-state index contributed by atoms with van der Waals surface area (Å²) in [5.41, 5.74) is 5.63. The third-order valence-corrected chi connectivity index (χ3v) is 4.98. The fourth-order valence-electron chi connectivity index (χ4n) is 2.85. The van der Waals surface area contributed by atoms with Crippen LogP contribution >= 0.6 is 11.3 Å². The van der Waals surface area contributed by atoms with Crippen LogP contribution in [0.15, 0.2) is 17.5 Å². The highest BCUT2D eigenvalue weighted by Gasteiger charge is 2.37. The Hall–Kier alpha value is -1.40. The zero-order valence-corrected chi connectivity index (χ0v) is 14.4. The molecule has 2 rings (SSSR count). The molecule has 1 aliphatic heterocycles. The SMILES string of the molecule is CN(CC(C)(C)CN)C(=O)C1CCCN1C(=O)c1cccs1. The summed E-state index contributed by atoms with van der Waals surface area (Å²) in [7, 11) is 1.80. The zero-order chi connectivity index (χ0) is 16.3. The molecule has 2 amide bonds. The van der Waals surface area contributed by atoms with Gasteiger partial charge in [-0.15, -0.1) is 11.3 Å². The molecule has 0 bridgehead atoms. The molecule has 122 valence electrons. The predicted octanol–water partition coefficient (Wildman–Crippen LogP) is 1.80. The van der Waals surface area contributed by atoms with Gasteiger partial charge in [-0.1, -0.05) is 19.9 Å². The molecule has 2 heterocycles. The lowest BCUT2D eigenvalue weighted by atomic mass is 9.93. The van der Waals surface area contributed by atoms with Crippen LogP contribution in [-0.2, 0) is 4.79 Å². The van der Waals surface area contributed by atoms with Crippen molar-refractivity contribution in [3.05, 3.63) is 22.4 Å². The van der Waals surface area contributed by atoms with Crippen molar-refractivity contribution in [1.29, 1.82) is 0 Å². The van der Waals surface area contributed by atoms with E-state index in [-0.39, 0.29) is 23.3 Å². The number of amides is 2. The molecule has 2 N–H and O–H groups in total. The topological polar surface area (TPSA) is 66.6 Å². The highest BCUT2D eigenvalue weighted by atomic mass is 32.1. The molecule has 1 aromatic heterocycles. The number of nitrogens with zero attached hydrogens (tertiary/aromatic N) is 2. The smallest absolute Gasteiger partial charge is 0.264 e. The number of nitrogens with two attached hydrogens (primary N) is 1. The van der Waals surface area contributed by atoms with Crippen LogP contribution in [0.4, 0.5) is 0 Å². The zero-order valence-electron chi connectivity index (χ0n) is 13.5. The van der Waals surface area contributed by atoms with Gasteiger partial charge in [0.1, 0.15) is 6.04 Å². The first kappa shape index (κ1) is 17.0. The lowest BCUT2D eigenvalue weighted by molar-refractivity contribution is -0.135. The number of thiophene rings is 1. The maximum absolute atomic E-state index is 12.7. The van der Waals surface area contributed by atoms with Crippen molar-refractivity contribution in [3.63, 3.8) is 0 Å². The molecule has 1 atom stereocenters. The second-order valence-corrected chi connectivity index (χ2v) is 7.64. The quantitative estimate of drug-likeness (QED) is 0.898. The Balaban J connectivity index is 2.06. The molecule has 0 aromatic carbocycles. The fourth-order valence-corrected chi connectivity index (χ4v) is 3.53. The van der Waals surface area contributed by atoms with E-state index in [0.717, 1.165) is 12.8 Å². The minimum atomic E-state index is -0.340. The summed E-state index contributed by atoms with van der Waals surface area (Å²) in [5, 5.41) is 1.88. The molecule has 0 aliphatic carbocycles. The first-order valence-electron chi connectivity index (χ1n) is 7.65. The van der Waals surface area contributed by atoms with Crippen LogP contribution in [-0.4, -0.2) is 54.3 Å². The number of hydrogen-bond donors (Lipinski definition) is 1. The van der Waals surface area contributed by atoms with Gasteiger partial charge < -0.3 is 15.5 Å². The van der Waals surface area contributed by atoms with E-state index in [1.807, 2.05) is 31.4 Å². The van der Waals surface area contributed by atoms with E-state index < -0.39 is 0 Å². The van der Waals surface area contributed by atoms with Gasteiger partial charge in [0.25, 0.3) is 5.91 Å². The predicted molar refractivity (Wildman–Crippen MR) is 88.8 cm³/mol. The van der Waals surface area contributed by atoms with Gasteiger partial charge in [0.15, 0.2) is 0 Å². The Morgan fingerprint density at radius 2 is 2.23 bits per heavy atom. The summed E-state index contributed by atoms with van der Waals surface area (Å²) in [5.74, 6) is -0.0127. The van der Waals surface area contributed by atoms with Gasteiger partial charge in [0.2, 0.25) is 5.91 Å². The lowest BCUT2D eigenvalue weighted by Gasteiger charge is -2.33. The Labute approximate surface area is 136 Å². The number of likely N-dealkylation sites (tertiary alicyclic amines) is 1. The maximum Gasteiger partial charge on any atom is 0.264 e. The summed E-state index contributed by atoms with van der Waals surface area (Å²) in [6.45, 7) is 5.86. The minimum Gasteiger partial charge on any atom is -0.343 e. The molecule has 6 heteroatoms. The molecular formula is C16H25N3O2S. The average Bonchev–Trinajstić information content (AvgIpc) is 3.16. The van der Waals surface area contributed by atoms with Gasteiger partial charge in [-0.3, -0.25) is 9.59 Å². The van der Waals surface area contributed by atoms with Crippen molar-refractivity contribution in [3.8, 4) is 0 Å². The standard InChI is InChI=1S/C16H25N3O2S/c1-16(2,10-17)11-18(3)14(20)12-6-4-8-19(12)15(21)13-7-5-9-22-13/h5,7,9,12H,4,6,8,10-11,17H2,1-3H3. The number of carbonyl (C=O) groups excluding carboxylic acids is 2. The highest BCUT2D eigenvalue weighted by Crippen LogP contribution is 2.24. The molecule has 0 spiro atoms. The Morgan fingerprint density at radius 1 is 1.50 bits per heavy atom. The van der Waals surface area contributed by atoms with Crippen molar-refractivity contribution in [2.75, 3.05) is 26.7 Å². The second-order valence-electron chi connectivity index (χ2n) is 6.70. The molecule has 0 radical (unpaired) electrons. The monoisotopic (exact) mass is 323 g/mol. The van der Waals surface area contributed by atoms with Crippen LogP contribution < -0.4 is 5.73 Å². The van der Waals surface area contributed by atoms with Gasteiger partial charge in [0, 0.05) is 20.1 Å². The average molecular weight is 323 g/mol. The Morgan fingerprint density at radius 3 is 2.82 bits per heavy atom. The normalized spacial score (nSPS) is 18.5. The van der Waals surface area contributed by atoms with Gasteiger partial charge in [-0.2, -0.15) is 0 Å². The molecular weight excluding hydrogens is 298 g/mol. The first-order valence-corrected chi connectivity index (χ1v) is 8.53. The number of carbonyl (C=O) groups is 2. The summed E-state index contributed by atoms with van der Waals surface area (Å²) in [6, 6.07) is 3.34. The van der Waals surface area contributed by atoms with E-state index in [2.05, 4.69) is 0 Å². The number of hydrogen-bond acceptors (Lipinski definition) is 4. The molecule has 1 aromatic rings. The van der Waals surface area contributed by atoms with Crippen LogP contribution in [0.3, 0.4) is 0 Å². The Bertz CT molecular complexity index is 528. The van der Waals surface area contributed by atoms with Crippen LogP contribution in [0.2, 0.25) is 0 Å². The summed E-state index contributed by atoms with van der Waals surface area (Å²) in [6.07, 6.45) is 1.62. The van der Waals surface area contributed by atoms with Crippen molar-refractivity contribution in [2.24, 2.45) is 11.1 Å². The van der Waals surface area contributed by atoms with Crippen molar-refractivity contribution >= 4 is 23.2 Å². The summed E-state index contributed by atoms with van der Waals surface area (Å²) in [4.78, 5) is 29.4. The summed E-state index contributed by atoms with van der Waals surface area (Å²) < 4.78 is 0. The van der Waals surface area contributed by atoms with Crippen LogP contribution in [0.25, 0.3) is 0 Å². The van der Waals surface area contributed by atoms with Crippen LogP contribution in [0.5, 0.6) is 0 Å². The van der Waals surface area contributed by atoms with Crippen molar-refractivity contribution in [1.82, 2.24) is 9.80 Å². The second kappa shape index (κ2) is 6.79.